The predicted molar refractivity (Wildman–Crippen MR) is 427 cm³/mol. The number of phosphoric acid groups is 2. The Morgan fingerprint density at radius 1 is 0.269 bits per heavy atom. The van der Waals surface area contributed by atoms with Crippen LogP contribution in [-0.4, -0.2) is 96.7 Å². The molecule has 0 aliphatic carbocycles. The van der Waals surface area contributed by atoms with E-state index >= 15 is 0 Å². The van der Waals surface area contributed by atoms with Crippen LogP contribution in [0, 0.1) is 0 Å². The molecule has 0 aliphatic rings. The number of carbonyl (C=O) groups excluding carboxylic acids is 4. The lowest BCUT2D eigenvalue weighted by atomic mass is 10.1. The van der Waals surface area contributed by atoms with E-state index in [1.807, 2.05) is 36.5 Å². The molecule has 0 fully saturated rings. The zero-order chi connectivity index (χ0) is 76.0. The van der Waals surface area contributed by atoms with Crippen molar-refractivity contribution in [2.24, 2.45) is 0 Å². The minimum Gasteiger partial charge on any atom is -0.462 e. The quantitative estimate of drug-likeness (QED) is 0.0169. The minimum atomic E-state index is -5.00. The monoisotopic (exact) mass is 1500 g/mol. The summed E-state index contributed by atoms with van der Waals surface area (Å²) in [4.78, 5) is 72.9. The average molecular weight is 1500 g/mol. The summed E-state index contributed by atoms with van der Waals surface area (Å²) < 4.78 is 68.4. The maximum atomic E-state index is 13.1. The van der Waals surface area contributed by atoms with Gasteiger partial charge in [0.1, 0.15) is 19.3 Å². The first-order chi connectivity index (χ1) is 50.7. The van der Waals surface area contributed by atoms with Crippen molar-refractivity contribution >= 4 is 39.5 Å². The summed E-state index contributed by atoms with van der Waals surface area (Å²) in [5, 5.41) is 10.6. The van der Waals surface area contributed by atoms with E-state index in [0.717, 1.165) is 128 Å². The van der Waals surface area contributed by atoms with Crippen molar-refractivity contribution in [3.8, 4) is 0 Å². The maximum Gasteiger partial charge on any atom is 0.472 e. The van der Waals surface area contributed by atoms with Gasteiger partial charge in [0.2, 0.25) is 0 Å². The number of unbranched alkanes of at least 4 members (excludes halogenated alkanes) is 24. The van der Waals surface area contributed by atoms with E-state index in [1.165, 1.54) is 89.9 Å². The fourth-order valence-corrected chi connectivity index (χ4v) is 11.7. The molecule has 0 spiro atoms. The van der Waals surface area contributed by atoms with Crippen LogP contribution < -0.4 is 0 Å². The lowest BCUT2D eigenvalue weighted by Gasteiger charge is -2.21. The fourth-order valence-electron chi connectivity index (χ4n) is 10.1. The van der Waals surface area contributed by atoms with E-state index in [9.17, 15) is 43.2 Å². The van der Waals surface area contributed by atoms with Gasteiger partial charge in [-0.15, -0.1) is 0 Å². The summed E-state index contributed by atoms with van der Waals surface area (Å²) in [5.74, 6) is -2.39. The summed E-state index contributed by atoms with van der Waals surface area (Å²) in [7, 11) is -10.0. The highest BCUT2D eigenvalue weighted by atomic mass is 31.2. The Balaban J connectivity index is 5.47. The van der Waals surface area contributed by atoms with Gasteiger partial charge in [-0.2, -0.15) is 0 Å². The SMILES string of the molecule is CCCCC/C=C\C/C=C\C/C=C\C/C=C\C/C=C\CCC(=O)OC[C@H](COP(=O)(O)OCC(O)COP(=O)(O)OC[C@@H](COC(=O)CC/C=C\C/C=C\C/C=C\C/C=C\C/C=C\CCCCC)OC(=O)CCCCCCC/C=C\CCCCCC)OC(=O)CCCCCCC/C=C\CCCCCC. The van der Waals surface area contributed by atoms with Gasteiger partial charge in [-0.1, -0.05) is 276 Å². The first-order valence-electron chi connectivity index (χ1n) is 40.1. The highest BCUT2D eigenvalue weighted by Gasteiger charge is 2.30. The van der Waals surface area contributed by atoms with Crippen molar-refractivity contribution in [1.82, 2.24) is 0 Å². The lowest BCUT2D eigenvalue weighted by molar-refractivity contribution is -0.161. The lowest BCUT2D eigenvalue weighted by Crippen LogP contribution is -2.30. The van der Waals surface area contributed by atoms with Crippen LogP contribution in [0.1, 0.15) is 310 Å². The molecule has 0 saturated heterocycles. The smallest absolute Gasteiger partial charge is 0.462 e. The molecule has 3 N–H and O–H groups in total. The van der Waals surface area contributed by atoms with Gasteiger partial charge in [0.25, 0.3) is 0 Å². The molecule has 0 aromatic heterocycles. The van der Waals surface area contributed by atoms with Gasteiger partial charge >= 0.3 is 39.5 Å². The number of hydrogen-bond acceptors (Lipinski definition) is 15. The Bertz CT molecular complexity index is 2370. The zero-order valence-corrected chi connectivity index (χ0v) is 66.7. The summed E-state index contributed by atoms with van der Waals surface area (Å²) in [6, 6.07) is 0. The van der Waals surface area contributed by atoms with E-state index < -0.39 is 97.5 Å². The van der Waals surface area contributed by atoms with Gasteiger partial charge in [-0.05, 0) is 154 Å². The van der Waals surface area contributed by atoms with Crippen LogP contribution >= 0.6 is 15.6 Å². The largest absolute Gasteiger partial charge is 0.472 e. The number of hydrogen-bond donors (Lipinski definition) is 3. The second-order valence-electron chi connectivity index (χ2n) is 26.3. The molecule has 0 aliphatic heterocycles. The van der Waals surface area contributed by atoms with Crippen molar-refractivity contribution < 1.29 is 80.2 Å². The van der Waals surface area contributed by atoms with Crippen LogP contribution in [0.2, 0.25) is 0 Å². The Morgan fingerprint density at radius 3 is 0.788 bits per heavy atom. The summed E-state index contributed by atoms with van der Waals surface area (Å²) in [6.07, 6.45) is 87.2. The van der Waals surface area contributed by atoms with E-state index in [0.29, 0.717) is 38.5 Å². The molecule has 0 radical (unpaired) electrons. The fraction of sp³-hybridized carbons (Fsp3) is 0.671. The molecule has 0 aromatic carbocycles. The molecular weight excluding hydrogens is 1350 g/mol. The van der Waals surface area contributed by atoms with Crippen LogP contribution in [0.5, 0.6) is 0 Å². The van der Waals surface area contributed by atoms with Gasteiger partial charge in [-0.3, -0.25) is 37.3 Å². The third kappa shape index (κ3) is 75.2. The van der Waals surface area contributed by atoms with Crippen molar-refractivity contribution in [1.29, 1.82) is 0 Å². The third-order valence-electron chi connectivity index (χ3n) is 16.3. The summed E-state index contributed by atoms with van der Waals surface area (Å²) >= 11 is 0. The highest BCUT2D eigenvalue weighted by molar-refractivity contribution is 7.47. The molecule has 594 valence electrons. The second-order valence-corrected chi connectivity index (χ2v) is 29.2. The Labute approximate surface area is 630 Å². The van der Waals surface area contributed by atoms with E-state index in [4.69, 9.17) is 37.0 Å². The van der Waals surface area contributed by atoms with E-state index in [-0.39, 0.29) is 25.7 Å². The predicted octanol–water partition coefficient (Wildman–Crippen LogP) is 23.4. The first-order valence-corrected chi connectivity index (χ1v) is 43.1. The number of esters is 4. The molecule has 0 heterocycles. The molecule has 0 rings (SSSR count). The normalized spacial score (nSPS) is 14.6. The molecule has 104 heavy (non-hydrogen) atoms. The molecule has 4 atom stereocenters. The van der Waals surface area contributed by atoms with Crippen LogP contribution in [0.15, 0.2) is 146 Å². The summed E-state index contributed by atoms with van der Waals surface area (Å²) in [6.45, 7) is 4.60. The zero-order valence-electron chi connectivity index (χ0n) is 64.9. The Morgan fingerprint density at radius 2 is 0.490 bits per heavy atom. The number of aliphatic hydroxyl groups is 1. The van der Waals surface area contributed by atoms with Gasteiger partial charge in [0.15, 0.2) is 12.2 Å². The van der Waals surface area contributed by atoms with Gasteiger partial charge in [0, 0.05) is 25.7 Å². The second kappa shape index (κ2) is 76.1. The molecule has 17 nitrogen and oxygen atoms in total. The molecular formula is C85H142O17P2. The van der Waals surface area contributed by atoms with Gasteiger partial charge in [0.05, 0.1) is 26.4 Å². The topological polar surface area (TPSA) is 237 Å². The highest BCUT2D eigenvalue weighted by Crippen LogP contribution is 2.45. The standard InChI is InChI=1S/C85H142O17P2/c1-5-9-13-17-21-25-29-33-35-37-39-41-43-47-49-53-57-61-65-69-82(87)95-75-80(101-84(89)71-67-63-59-55-51-45-31-27-23-19-15-11-7-3)77-99-103(91,92)97-73-79(86)74-98-104(93,94)100-78-81(102-85(90)72-68-64-60-56-52-46-32-28-24-20-16-12-8-4)76-96-83(88)70-66-62-58-54-50-48-44-42-40-38-36-34-30-26-22-18-14-10-6-2/h21-22,25-28,31-36,39-42,47-50,57-58,61-62,79-81,86H,5-20,23-24,29-30,37-38,43-46,51-56,59-60,63-78H2,1-4H3,(H,91,92)(H,93,94)/b25-21-,26-22-,31-27-,32-28-,35-33-,36-34-,41-39-,42-40-,49-47-,50-48-,61-57-,62-58-/t80-,81-/m1/s1. The molecule has 0 bridgehead atoms. The molecule has 0 aromatic rings. The van der Waals surface area contributed by atoms with Crippen molar-refractivity contribution in [2.75, 3.05) is 39.6 Å². The number of rotatable bonds is 74. The number of allylic oxidation sites excluding steroid dienone is 24. The van der Waals surface area contributed by atoms with Gasteiger partial charge < -0.3 is 33.8 Å². The van der Waals surface area contributed by atoms with Crippen molar-refractivity contribution in [3.05, 3.63) is 146 Å². The number of ether oxygens (including phenoxy) is 4. The van der Waals surface area contributed by atoms with Crippen molar-refractivity contribution in [3.63, 3.8) is 0 Å². The molecule has 19 heteroatoms. The molecule has 0 amide bonds. The summed E-state index contributed by atoms with van der Waals surface area (Å²) in [5.41, 5.74) is 0. The third-order valence-corrected chi connectivity index (χ3v) is 18.2. The van der Waals surface area contributed by atoms with Crippen LogP contribution in [0.4, 0.5) is 0 Å². The maximum absolute atomic E-state index is 13.1. The van der Waals surface area contributed by atoms with Crippen LogP contribution in [0.25, 0.3) is 0 Å². The average Bonchev–Trinajstić information content (AvgIpc) is 0.913. The number of aliphatic hydroxyl groups excluding tert-OH is 1. The first kappa shape index (κ1) is 98.9. The van der Waals surface area contributed by atoms with E-state index in [1.54, 1.807) is 0 Å². The Hall–Kier alpha value is -5.06. The van der Waals surface area contributed by atoms with Gasteiger partial charge in [-0.25, -0.2) is 9.13 Å². The Kier molecular flexibility index (Phi) is 72.4. The molecule has 0 saturated carbocycles. The van der Waals surface area contributed by atoms with Crippen LogP contribution in [0.3, 0.4) is 0 Å². The number of carbonyl (C=O) groups is 4. The van der Waals surface area contributed by atoms with E-state index in [2.05, 4.69) is 137 Å². The minimum absolute atomic E-state index is 0.0317. The van der Waals surface area contributed by atoms with Crippen LogP contribution in [-0.2, 0) is 65.4 Å². The number of phosphoric ester groups is 2. The van der Waals surface area contributed by atoms with Crippen molar-refractivity contribution in [2.45, 2.75) is 329 Å². The molecule has 2 unspecified atom stereocenters.